The smallest absolute Gasteiger partial charge is 0.269 e. The molecular weight excluding hydrogens is 877 g/mol. The van der Waals surface area contributed by atoms with Gasteiger partial charge in [0, 0.05) is 68.0 Å². The van der Waals surface area contributed by atoms with E-state index in [2.05, 4.69) is 12.7 Å². The Hall–Kier alpha value is -7.08. The molecule has 2 heterocycles. The number of phenolic OH excluding ortho intramolecular Hbond substituents is 1. The number of non-ortho nitro benzene ring substituents is 2. The number of carbonyl (C=O) groups is 1. The van der Waals surface area contributed by atoms with Crippen molar-refractivity contribution >= 4 is 29.1 Å². The number of nitrogens with zero attached hydrogens (tertiary/aromatic N) is 4. The Morgan fingerprint density at radius 2 is 1.54 bits per heavy atom. The van der Waals surface area contributed by atoms with E-state index in [-0.39, 0.29) is 75.1 Å². The van der Waals surface area contributed by atoms with Gasteiger partial charge in [0.2, 0.25) is 18.5 Å². The van der Waals surface area contributed by atoms with Gasteiger partial charge >= 0.3 is 0 Å². The number of fused-ring (bicyclic) bond motifs is 3. The molecule has 0 saturated heterocycles. The molecule has 0 spiro atoms. The predicted octanol–water partition coefficient (Wildman–Crippen LogP) is 8.51. The van der Waals surface area contributed by atoms with Gasteiger partial charge in [0.25, 0.3) is 11.4 Å². The number of carbonyl (C=O) groups excluding carboxylic acids is 1. The molecule has 0 radical (unpaired) electrons. The number of nitro groups is 2. The van der Waals surface area contributed by atoms with Crippen molar-refractivity contribution in [3.8, 4) is 23.0 Å². The molecule has 3 N–H and O–H groups in total. The molecule has 17 heteroatoms. The van der Waals surface area contributed by atoms with Crippen molar-refractivity contribution in [2.75, 3.05) is 26.6 Å². The SMILES string of the molecule is C=CCO[C@@]12Oc3ccc(O)cc3[C@H]3[C@H](CCCCO)[C@@H](CCCCO)C=C(C(=NOCc4ccc([N+](=O)[O-])cc4)C[C@@H]1N(Cc1ccc4c(c1)OCO4)C(=O)C=Cc1ccc([N+](=O)[O-])cc1)[C@H]32. The van der Waals surface area contributed by atoms with Crippen molar-refractivity contribution in [3.63, 3.8) is 0 Å². The minimum absolute atomic E-state index is 0.0131. The lowest BCUT2D eigenvalue weighted by molar-refractivity contribution is -0.385. The molecule has 2 aliphatic carbocycles. The van der Waals surface area contributed by atoms with Crippen LogP contribution in [-0.2, 0) is 27.5 Å². The van der Waals surface area contributed by atoms with E-state index >= 15 is 4.79 Å². The highest BCUT2D eigenvalue weighted by Crippen LogP contribution is 2.62. The highest BCUT2D eigenvalue weighted by atomic mass is 16.7. The topological polar surface area (TPSA) is 226 Å². The first kappa shape index (κ1) is 47.4. The van der Waals surface area contributed by atoms with Gasteiger partial charge in [-0.15, -0.1) is 6.58 Å². The zero-order valence-corrected chi connectivity index (χ0v) is 37.4. The molecular formula is C51H54N4O13. The molecule has 1 saturated carbocycles. The Balaban J connectivity index is 1.31. The maximum absolute atomic E-state index is 15.2. The van der Waals surface area contributed by atoms with Gasteiger partial charge in [-0.05, 0) is 120 Å². The summed E-state index contributed by atoms with van der Waals surface area (Å²) < 4.78 is 25.7. The molecule has 0 aromatic heterocycles. The number of aliphatic hydroxyl groups is 2. The van der Waals surface area contributed by atoms with Gasteiger partial charge in [-0.25, -0.2) is 0 Å². The van der Waals surface area contributed by atoms with Crippen molar-refractivity contribution in [1.82, 2.24) is 4.90 Å². The molecule has 0 unspecified atom stereocenters. The van der Waals surface area contributed by atoms with Crippen LogP contribution in [0.3, 0.4) is 0 Å². The minimum Gasteiger partial charge on any atom is -0.508 e. The lowest BCUT2D eigenvalue weighted by Crippen LogP contribution is -2.70. The van der Waals surface area contributed by atoms with Gasteiger partial charge in [0.15, 0.2) is 11.5 Å². The van der Waals surface area contributed by atoms with Crippen molar-refractivity contribution < 1.29 is 53.7 Å². The summed E-state index contributed by atoms with van der Waals surface area (Å²) in [5.74, 6) is -1.71. The fourth-order valence-corrected chi connectivity index (χ4v) is 10.1. The quantitative estimate of drug-likeness (QED) is 0.0234. The summed E-state index contributed by atoms with van der Waals surface area (Å²) in [5, 5.41) is 58.7. The monoisotopic (exact) mass is 930 g/mol. The van der Waals surface area contributed by atoms with E-state index < -0.39 is 39.4 Å². The molecule has 0 bridgehead atoms. The van der Waals surface area contributed by atoms with Gasteiger partial charge in [-0.2, -0.15) is 0 Å². The summed E-state index contributed by atoms with van der Waals surface area (Å²) >= 11 is 0. The van der Waals surface area contributed by atoms with E-state index in [0.29, 0.717) is 65.3 Å². The summed E-state index contributed by atoms with van der Waals surface area (Å²) in [5.41, 5.74) is 3.77. The third-order valence-corrected chi connectivity index (χ3v) is 13.2. The third-order valence-electron chi connectivity index (χ3n) is 13.2. The third kappa shape index (κ3) is 10.1. The van der Waals surface area contributed by atoms with E-state index in [1.807, 2.05) is 12.1 Å². The largest absolute Gasteiger partial charge is 0.508 e. The molecule has 6 atom stereocenters. The highest BCUT2D eigenvalue weighted by molar-refractivity contribution is 6.03. The number of phenols is 1. The van der Waals surface area contributed by atoms with Gasteiger partial charge < -0.3 is 44.0 Å². The van der Waals surface area contributed by atoms with E-state index in [4.69, 9.17) is 28.9 Å². The van der Waals surface area contributed by atoms with Crippen LogP contribution in [-0.4, -0.2) is 80.1 Å². The van der Waals surface area contributed by atoms with Crippen LogP contribution in [0.4, 0.5) is 11.4 Å². The van der Waals surface area contributed by atoms with Gasteiger partial charge in [-0.3, -0.25) is 25.0 Å². The summed E-state index contributed by atoms with van der Waals surface area (Å²) in [6, 6.07) is 21.3. The molecule has 2 aliphatic heterocycles. The summed E-state index contributed by atoms with van der Waals surface area (Å²) in [6.45, 7) is 4.10. The first-order chi connectivity index (χ1) is 33.0. The zero-order valence-electron chi connectivity index (χ0n) is 37.4. The van der Waals surface area contributed by atoms with E-state index in [0.717, 1.165) is 24.0 Å². The Bertz CT molecular complexity index is 2580. The second kappa shape index (κ2) is 21.3. The lowest BCUT2D eigenvalue weighted by atomic mass is 9.55. The number of nitro benzene ring substituents is 2. The van der Waals surface area contributed by atoms with Crippen LogP contribution in [0.5, 0.6) is 23.0 Å². The number of aliphatic hydroxyl groups excluding tert-OH is 2. The Morgan fingerprint density at radius 1 is 0.868 bits per heavy atom. The van der Waals surface area contributed by atoms with Crippen LogP contribution in [0.1, 0.15) is 73.1 Å². The van der Waals surface area contributed by atoms with Gasteiger partial charge in [0.1, 0.15) is 24.1 Å². The average Bonchev–Trinajstić information content (AvgIpc) is 3.82. The Morgan fingerprint density at radius 3 is 2.25 bits per heavy atom. The van der Waals surface area contributed by atoms with Crippen LogP contribution in [0.15, 0.2) is 120 Å². The Kier molecular flexibility index (Phi) is 14.8. The van der Waals surface area contributed by atoms with Crippen molar-refractivity contribution in [2.24, 2.45) is 22.9 Å². The first-order valence-electron chi connectivity index (χ1n) is 22.8. The molecule has 4 aromatic carbocycles. The molecule has 356 valence electrons. The van der Waals surface area contributed by atoms with E-state index in [1.54, 1.807) is 65.6 Å². The zero-order chi connectivity index (χ0) is 47.8. The van der Waals surface area contributed by atoms with Crippen LogP contribution < -0.4 is 14.2 Å². The molecule has 1 fully saturated rings. The van der Waals surface area contributed by atoms with Crippen LogP contribution in [0, 0.1) is 38.0 Å². The number of benzene rings is 4. The molecule has 68 heavy (non-hydrogen) atoms. The number of rotatable bonds is 21. The number of oxime groups is 1. The summed E-state index contributed by atoms with van der Waals surface area (Å²) in [4.78, 5) is 44.9. The normalized spacial score (nSPS) is 22.7. The molecule has 1 amide bonds. The number of amides is 1. The second-order valence-electron chi connectivity index (χ2n) is 17.3. The van der Waals surface area contributed by atoms with Crippen molar-refractivity contribution in [2.45, 2.75) is 75.8 Å². The lowest BCUT2D eigenvalue weighted by Gasteiger charge is -2.60. The molecule has 8 rings (SSSR count). The number of allylic oxidation sites excluding steroid dienone is 1. The molecule has 4 aromatic rings. The predicted molar refractivity (Wildman–Crippen MR) is 250 cm³/mol. The number of hydrogen-bond acceptors (Lipinski definition) is 14. The number of hydrogen-bond donors (Lipinski definition) is 3. The van der Waals surface area contributed by atoms with Gasteiger partial charge in [0.05, 0.1) is 28.1 Å². The fourth-order valence-electron chi connectivity index (χ4n) is 10.1. The number of unbranched alkanes of at least 4 members (excludes halogenated alkanes) is 2. The second-order valence-corrected chi connectivity index (χ2v) is 17.3. The summed E-state index contributed by atoms with van der Waals surface area (Å²) in [6.07, 6.45) is 10.9. The Labute approximate surface area is 392 Å². The molecule has 4 aliphatic rings. The van der Waals surface area contributed by atoms with E-state index in [9.17, 15) is 35.5 Å². The van der Waals surface area contributed by atoms with Gasteiger partial charge in [-0.1, -0.05) is 36.2 Å². The fraction of sp³-hybridized carbons (Fsp3) is 0.373. The number of aromatic hydroxyl groups is 1. The average molecular weight is 931 g/mol. The first-order valence-corrected chi connectivity index (χ1v) is 22.8. The van der Waals surface area contributed by atoms with E-state index in [1.165, 1.54) is 30.3 Å². The van der Waals surface area contributed by atoms with Crippen LogP contribution >= 0.6 is 0 Å². The highest BCUT2D eigenvalue weighted by Gasteiger charge is 2.65. The van der Waals surface area contributed by atoms with Crippen molar-refractivity contribution in [3.05, 3.63) is 158 Å². The van der Waals surface area contributed by atoms with Crippen molar-refractivity contribution in [1.29, 1.82) is 0 Å². The van der Waals surface area contributed by atoms with Crippen LogP contribution in [0.2, 0.25) is 0 Å². The maximum Gasteiger partial charge on any atom is 0.269 e. The maximum atomic E-state index is 15.2. The van der Waals surface area contributed by atoms with Crippen LogP contribution in [0.25, 0.3) is 6.08 Å². The molecule has 17 nitrogen and oxygen atoms in total. The standard InChI is InChI=1S/C51H54N4O13/c1-2-25-66-51-47(53(30-35-13-20-45-46(26-35)65-32-64-45)48(59)22-14-33-9-15-37(16-10-33)54(60)61)29-43(52-67-31-34-11-17-38(18-12-34)55(62)63)41-27-36(7-3-5-23-56)40(8-4-6-24-57)49(50(41)51)42-28-39(58)19-21-44(42)68-51/h2,9-22,26-28,36,40,47,49-50,56-58H,1,3-8,23-25,29-32H2/t36-,40+,47-,49+,50+,51+/m0/s1. The summed E-state index contributed by atoms with van der Waals surface area (Å²) in [7, 11) is 0. The minimum atomic E-state index is -1.62. The number of ether oxygens (including phenoxy) is 4.